The van der Waals surface area contributed by atoms with E-state index in [2.05, 4.69) is 0 Å². The molecule has 0 radical (unpaired) electrons. The Hall–Kier alpha value is -2.86. The van der Waals surface area contributed by atoms with E-state index in [4.69, 9.17) is 10.5 Å². The van der Waals surface area contributed by atoms with Gasteiger partial charge in [-0.15, -0.1) is 11.3 Å². The van der Waals surface area contributed by atoms with E-state index in [1.807, 2.05) is 53.6 Å². The highest BCUT2D eigenvalue weighted by Crippen LogP contribution is 2.47. The van der Waals surface area contributed by atoms with Crippen LogP contribution in [0.25, 0.3) is 0 Å². The first-order chi connectivity index (χ1) is 14.0. The van der Waals surface area contributed by atoms with E-state index in [1.165, 1.54) is 11.3 Å². The number of Topliss-reactive ketones (excluding diaryl/α,β-unsaturated/α-hetero) is 1. The number of aryl methyl sites for hydroxylation is 1. The van der Waals surface area contributed by atoms with E-state index in [9.17, 15) is 9.59 Å². The molecule has 0 fully saturated rings. The van der Waals surface area contributed by atoms with Crippen LogP contribution in [0, 0.1) is 6.92 Å². The number of benzene rings is 1. The van der Waals surface area contributed by atoms with Crippen molar-refractivity contribution in [3.05, 3.63) is 74.9 Å². The Kier molecular flexibility index (Phi) is 5.28. The van der Waals surface area contributed by atoms with Crippen LogP contribution in [0.1, 0.15) is 42.5 Å². The van der Waals surface area contributed by atoms with Crippen LogP contribution in [-0.2, 0) is 14.3 Å². The van der Waals surface area contributed by atoms with Crippen molar-refractivity contribution in [3.63, 3.8) is 0 Å². The lowest BCUT2D eigenvalue weighted by molar-refractivity contribution is -0.138. The monoisotopic (exact) mass is 408 g/mol. The molecule has 2 N–H and O–H groups in total. The van der Waals surface area contributed by atoms with E-state index in [1.54, 1.807) is 6.92 Å². The summed E-state index contributed by atoms with van der Waals surface area (Å²) < 4.78 is 5.37. The number of hydrogen-bond acceptors (Lipinski definition) is 6. The molecule has 5 nitrogen and oxygen atoms in total. The van der Waals surface area contributed by atoms with Gasteiger partial charge in [-0.05, 0) is 50.3 Å². The van der Waals surface area contributed by atoms with Crippen LogP contribution in [0.5, 0.6) is 0 Å². The molecule has 0 unspecified atom stereocenters. The zero-order valence-electron chi connectivity index (χ0n) is 16.6. The number of hydrogen-bond donors (Lipinski definition) is 1. The number of carbonyl (C=O) groups is 2. The molecule has 0 amide bonds. The van der Waals surface area contributed by atoms with Crippen molar-refractivity contribution in [3.8, 4) is 0 Å². The number of carbonyl (C=O) groups excluding carboxylic acids is 2. The minimum atomic E-state index is -0.474. The molecule has 1 atom stereocenters. The average molecular weight is 409 g/mol. The number of anilines is 1. The molecule has 29 heavy (non-hydrogen) atoms. The molecule has 0 saturated carbocycles. The third-order valence-corrected chi connectivity index (χ3v) is 6.35. The van der Waals surface area contributed by atoms with Crippen LogP contribution in [-0.4, -0.2) is 18.4 Å². The van der Waals surface area contributed by atoms with Gasteiger partial charge in [0.25, 0.3) is 0 Å². The summed E-state index contributed by atoms with van der Waals surface area (Å²) in [5.41, 5.74) is 10.5. The van der Waals surface area contributed by atoms with E-state index >= 15 is 0 Å². The minimum absolute atomic E-state index is 0.0797. The summed E-state index contributed by atoms with van der Waals surface area (Å²) in [6.07, 6.45) is 2.01. The van der Waals surface area contributed by atoms with Gasteiger partial charge in [-0.1, -0.05) is 23.8 Å². The largest absolute Gasteiger partial charge is 0.463 e. The van der Waals surface area contributed by atoms with Crippen LogP contribution >= 0.6 is 11.3 Å². The first-order valence-corrected chi connectivity index (χ1v) is 10.7. The Balaban J connectivity index is 1.97. The van der Waals surface area contributed by atoms with Crippen LogP contribution in [0.15, 0.2) is 64.4 Å². The molecule has 1 aliphatic heterocycles. The third kappa shape index (κ3) is 3.38. The molecule has 150 valence electrons. The van der Waals surface area contributed by atoms with Crippen molar-refractivity contribution in [1.29, 1.82) is 0 Å². The van der Waals surface area contributed by atoms with Crippen molar-refractivity contribution in [2.24, 2.45) is 5.73 Å². The Morgan fingerprint density at radius 3 is 2.66 bits per heavy atom. The van der Waals surface area contributed by atoms with E-state index < -0.39 is 11.9 Å². The van der Waals surface area contributed by atoms with Gasteiger partial charge < -0.3 is 10.5 Å². The molecular weight excluding hydrogens is 384 g/mol. The SMILES string of the molecule is CCOC(=O)C1=C(N)N(c2ccc(C)cc2)C2=C(C(=O)CCC2)[C@@H]1c1cccs1. The van der Waals surface area contributed by atoms with Gasteiger partial charge in [0.1, 0.15) is 5.82 Å². The smallest absolute Gasteiger partial charge is 0.338 e. The van der Waals surface area contributed by atoms with Gasteiger partial charge in [0.15, 0.2) is 5.78 Å². The third-order valence-electron chi connectivity index (χ3n) is 5.41. The molecule has 0 saturated heterocycles. The number of thiophene rings is 1. The fraction of sp³-hybridized carbons (Fsp3) is 0.304. The highest BCUT2D eigenvalue weighted by Gasteiger charge is 2.43. The molecule has 2 aromatic rings. The van der Waals surface area contributed by atoms with Gasteiger partial charge in [-0.3, -0.25) is 9.69 Å². The Bertz CT molecular complexity index is 1000. The van der Waals surface area contributed by atoms with Crippen molar-refractivity contribution in [2.45, 2.75) is 39.0 Å². The maximum absolute atomic E-state index is 13.1. The lowest BCUT2D eigenvalue weighted by atomic mass is 9.77. The van der Waals surface area contributed by atoms with E-state index in [-0.39, 0.29) is 12.4 Å². The number of ketones is 1. The second-order valence-corrected chi connectivity index (χ2v) is 8.26. The van der Waals surface area contributed by atoms with Gasteiger partial charge in [0, 0.05) is 28.3 Å². The lowest BCUT2D eigenvalue weighted by Crippen LogP contribution is -2.40. The number of nitrogens with two attached hydrogens (primary N) is 1. The van der Waals surface area contributed by atoms with Gasteiger partial charge in [0.2, 0.25) is 0 Å². The number of ether oxygens (including phenoxy) is 1. The van der Waals surface area contributed by atoms with Crippen LogP contribution in [0.2, 0.25) is 0 Å². The van der Waals surface area contributed by atoms with Gasteiger partial charge in [0.05, 0.1) is 18.1 Å². The molecular formula is C23H24N2O3S. The average Bonchev–Trinajstić information content (AvgIpc) is 3.23. The van der Waals surface area contributed by atoms with Gasteiger partial charge in [-0.2, -0.15) is 0 Å². The zero-order valence-corrected chi connectivity index (χ0v) is 17.4. The predicted octanol–water partition coefficient (Wildman–Crippen LogP) is 4.40. The Morgan fingerprint density at radius 1 is 1.24 bits per heavy atom. The second-order valence-electron chi connectivity index (χ2n) is 7.28. The van der Waals surface area contributed by atoms with Crippen molar-refractivity contribution in [2.75, 3.05) is 11.5 Å². The number of rotatable bonds is 4. The van der Waals surface area contributed by atoms with Gasteiger partial charge >= 0.3 is 5.97 Å². The summed E-state index contributed by atoms with van der Waals surface area (Å²) in [6, 6.07) is 11.8. The first kappa shape index (κ1) is 19.5. The highest BCUT2D eigenvalue weighted by molar-refractivity contribution is 7.10. The molecule has 4 rings (SSSR count). The van der Waals surface area contributed by atoms with Crippen molar-refractivity contribution in [1.82, 2.24) is 0 Å². The van der Waals surface area contributed by atoms with Crippen LogP contribution in [0.4, 0.5) is 5.69 Å². The topological polar surface area (TPSA) is 72.6 Å². The zero-order chi connectivity index (χ0) is 20.5. The maximum Gasteiger partial charge on any atom is 0.338 e. The van der Waals surface area contributed by atoms with E-state index in [0.29, 0.717) is 23.4 Å². The molecule has 1 aromatic heterocycles. The predicted molar refractivity (Wildman–Crippen MR) is 114 cm³/mol. The highest BCUT2D eigenvalue weighted by atomic mass is 32.1. The molecule has 1 aromatic carbocycles. The lowest BCUT2D eigenvalue weighted by Gasteiger charge is -2.40. The summed E-state index contributed by atoms with van der Waals surface area (Å²) in [4.78, 5) is 28.9. The molecule has 1 aliphatic carbocycles. The Labute approximate surface area is 174 Å². The summed E-state index contributed by atoms with van der Waals surface area (Å²) in [7, 11) is 0. The van der Waals surface area contributed by atoms with E-state index in [0.717, 1.165) is 34.7 Å². The minimum Gasteiger partial charge on any atom is -0.463 e. The fourth-order valence-corrected chi connectivity index (χ4v) is 4.97. The normalized spacial score (nSPS) is 19.4. The van der Waals surface area contributed by atoms with Crippen molar-refractivity contribution >= 4 is 28.8 Å². The van der Waals surface area contributed by atoms with Crippen LogP contribution < -0.4 is 10.6 Å². The summed E-state index contributed by atoms with van der Waals surface area (Å²) in [5, 5.41) is 1.95. The van der Waals surface area contributed by atoms with Gasteiger partial charge in [-0.25, -0.2) is 4.79 Å². The van der Waals surface area contributed by atoms with Crippen molar-refractivity contribution < 1.29 is 14.3 Å². The summed E-state index contributed by atoms with van der Waals surface area (Å²) >= 11 is 1.53. The van der Waals surface area contributed by atoms with Crippen LogP contribution in [0.3, 0.4) is 0 Å². The number of allylic oxidation sites excluding steroid dienone is 2. The summed E-state index contributed by atoms with van der Waals surface area (Å²) in [6.45, 7) is 4.04. The molecule has 2 aliphatic rings. The molecule has 2 heterocycles. The molecule has 0 spiro atoms. The number of nitrogens with zero attached hydrogens (tertiary/aromatic N) is 1. The summed E-state index contributed by atoms with van der Waals surface area (Å²) in [5.74, 6) is -0.515. The molecule has 0 bridgehead atoms. The first-order valence-electron chi connectivity index (χ1n) is 9.86. The standard InChI is InChI=1S/C23H24N2O3S/c1-3-28-23(27)21-20(18-8-5-13-29-18)19-16(6-4-7-17(19)26)25(22(21)24)15-11-9-14(2)10-12-15/h5,8-13,20H,3-4,6-7,24H2,1-2H3/t20-/m0/s1. The Morgan fingerprint density at radius 2 is 2.00 bits per heavy atom. The quantitative estimate of drug-likeness (QED) is 0.759. The fourth-order valence-electron chi connectivity index (χ4n) is 4.12. The maximum atomic E-state index is 13.1. The second kappa shape index (κ2) is 7.87. The molecule has 6 heteroatoms. The number of esters is 1.